The molecule has 0 aliphatic carbocycles. The molecule has 0 saturated heterocycles. The lowest BCUT2D eigenvalue weighted by atomic mass is 10.1. The van der Waals surface area contributed by atoms with Crippen LogP contribution >= 0.6 is 12.2 Å². The zero-order chi connectivity index (χ0) is 9.02. The van der Waals surface area contributed by atoms with Crippen molar-refractivity contribution in [3.8, 4) is 0 Å². The Kier molecular flexibility index (Phi) is 4.71. The Labute approximate surface area is 70.1 Å². The minimum absolute atomic E-state index is 0.927. The number of aliphatic hydroxyl groups excluding tert-OH is 4. The van der Waals surface area contributed by atoms with Crippen molar-refractivity contribution in [3.63, 3.8) is 0 Å². The summed E-state index contributed by atoms with van der Waals surface area (Å²) in [5.41, 5.74) is 0. The van der Waals surface area contributed by atoms with Crippen LogP contribution in [0.25, 0.3) is 0 Å². The fourth-order valence-corrected chi connectivity index (χ4v) is 0.729. The van der Waals surface area contributed by atoms with Crippen molar-refractivity contribution in [2.75, 3.05) is 0 Å². The molecule has 0 aromatic carbocycles. The van der Waals surface area contributed by atoms with E-state index in [1.807, 2.05) is 0 Å². The molecule has 0 fully saturated rings. The predicted molar refractivity (Wildman–Crippen MR) is 43.4 cm³/mol. The summed E-state index contributed by atoms with van der Waals surface area (Å²) >= 11 is 4.33. The third kappa shape index (κ3) is 3.22. The van der Waals surface area contributed by atoms with Crippen LogP contribution in [0.2, 0.25) is 0 Å². The minimum atomic E-state index is -1.42. The van der Waals surface area contributed by atoms with Gasteiger partial charge in [-0.3, -0.25) is 0 Å². The molecule has 0 aliphatic heterocycles. The molecule has 66 valence electrons. The quantitative estimate of drug-likeness (QED) is 0.394. The van der Waals surface area contributed by atoms with Gasteiger partial charge in [-0.1, -0.05) is 12.2 Å². The first-order valence-corrected chi connectivity index (χ1v) is 3.65. The Morgan fingerprint density at radius 1 is 1.09 bits per heavy atom. The van der Waals surface area contributed by atoms with Gasteiger partial charge in [-0.2, -0.15) is 0 Å². The van der Waals surface area contributed by atoms with Crippen molar-refractivity contribution in [1.82, 2.24) is 0 Å². The standard InChI is InChI=1S/C6H12O4S/c1-3(7)5(9)6(10)4(8)2-11/h2-10H,1H3/t3-,4-,5-,6-/m1/s1. The first kappa shape index (κ1) is 10.9. The van der Waals surface area contributed by atoms with E-state index in [2.05, 4.69) is 12.2 Å². The van der Waals surface area contributed by atoms with Gasteiger partial charge in [0.2, 0.25) is 0 Å². The maximum atomic E-state index is 9.00. The van der Waals surface area contributed by atoms with Crippen LogP contribution in [-0.4, -0.2) is 50.2 Å². The maximum absolute atomic E-state index is 9.00. The van der Waals surface area contributed by atoms with Gasteiger partial charge in [-0.05, 0) is 6.92 Å². The van der Waals surface area contributed by atoms with Crippen LogP contribution in [0.5, 0.6) is 0 Å². The van der Waals surface area contributed by atoms with Gasteiger partial charge >= 0.3 is 0 Å². The SMILES string of the molecule is C[C@@H](O)[C@@H](O)[C@H](O)[C@H](O)C=S. The van der Waals surface area contributed by atoms with Crippen LogP contribution in [0.3, 0.4) is 0 Å². The summed E-state index contributed by atoms with van der Waals surface area (Å²) in [7, 11) is 0. The summed E-state index contributed by atoms with van der Waals surface area (Å²) in [5.74, 6) is 0. The van der Waals surface area contributed by atoms with E-state index in [4.69, 9.17) is 20.4 Å². The molecule has 0 radical (unpaired) electrons. The molecule has 0 heterocycles. The first-order valence-electron chi connectivity index (χ1n) is 3.18. The Balaban J connectivity index is 4.00. The third-order valence-corrected chi connectivity index (χ3v) is 1.61. The van der Waals surface area contributed by atoms with Gasteiger partial charge in [-0.25, -0.2) is 0 Å². The molecule has 0 aliphatic rings. The molecule has 0 bridgehead atoms. The second-order valence-corrected chi connectivity index (χ2v) is 2.62. The van der Waals surface area contributed by atoms with E-state index in [0.29, 0.717) is 0 Å². The summed E-state index contributed by atoms with van der Waals surface area (Å²) in [4.78, 5) is 0. The number of hydrogen-bond donors (Lipinski definition) is 4. The van der Waals surface area contributed by atoms with E-state index < -0.39 is 24.4 Å². The summed E-state index contributed by atoms with van der Waals surface area (Å²) in [6.07, 6.45) is -5.17. The van der Waals surface area contributed by atoms with Crippen molar-refractivity contribution >= 4 is 17.6 Å². The highest BCUT2D eigenvalue weighted by molar-refractivity contribution is 7.79. The molecule has 0 rings (SSSR count). The van der Waals surface area contributed by atoms with Gasteiger partial charge in [0, 0.05) is 5.37 Å². The van der Waals surface area contributed by atoms with Gasteiger partial charge in [0.25, 0.3) is 0 Å². The van der Waals surface area contributed by atoms with Crippen molar-refractivity contribution in [3.05, 3.63) is 0 Å². The summed E-state index contributed by atoms with van der Waals surface area (Å²) in [6.45, 7) is 1.31. The average Bonchev–Trinajstić information content (AvgIpc) is 2.00. The zero-order valence-electron chi connectivity index (χ0n) is 6.08. The third-order valence-electron chi connectivity index (χ3n) is 1.33. The van der Waals surface area contributed by atoms with Crippen LogP contribution in [0.1, 0.15) is 6.92 Å². The van der Waals surface area contributed by atoms with E-state index in [0.717, 1.165) is 5.37 Å². The smallest absolute Gasteiger partial charge is 0.113 e. The molecular weight excluding hydrogens is 168 g/mol. The van der Waals surface area contributed by atoms with Crippen molar-refractivity contribution in [2.45, 2.75) is 31.3 Å². The topological polar surface area (TPSA) is 80.9 Å². The highest BCUT2D eigenvalue weighted by atomic mass is 32.1. The van der Waals surface area contributed by atoms with E-state index in [-0.39, 0.29) is 0 Å². The van der Waals surface area contributed by atoms with E-state index in [9.17, 15) is 0 Å². The minimum Gasteiger partial charge on any atom is -0.391 e. The van der Waals surface area contributed by atoms with Gasteiger partial charge in [0.1, 0.15) is 18.3 Å². The second kappa shape index (κ2) is 4.74. The lowest BCUT2D eigenvalue weighted by Crippen LogP contribution is -2.43. The van der Waals surface area contributed by atoms with Crippen LogP contribution in [0.4, 0.5) is 0 Å². The number of hydrogen-bond acceptors (Lipinski definition) is 5. The summed E-state index contributed by atoms with van der Waals surface area (Å²) in [5, 5.41) is 36.5. The summed E-state index contributed by atoms with van der Waals surface area (Å²) < 4.78 is 0. The molecule has 11 heavy (non-hydrogen) atoms. The van der Waals surface area contributed by atoms with E-state index in [1.165, 1.54) is 6.92 Å². The first-order chi connectivity index (χ1) is 5.00. The van der Waals surface area contributed by atoms with E-state index in [1.54, 1.807) is 0 Å². The molecular formula is C6H12O4S. The lowest BCUT2D eigenvalue weighted by molar-refractivity contribution is -0.0816. The molecule has 5 heteroatoms. The molecule has 0 spiro atoms. The van der Waals surface area contributed by atoms with Gasteiger partial charge in [0.05, 0.1) is 6.10 Å². The fourth-order valence-electron chi connectivity index (χ4n) is 0.568. The highest BCUT2D eigenvalue weighted by Gasteiger charge is 2.26. The van der Waals surface area contributed by atoms with Crippen molar-refractivity contribution in [2.24, 2.45) is 0 Å². The van der Waals surface area contributed by atoms with Crippen LogP contribution in [-0.2, 0) is 0 Å². The number of rotatable bonds is 4. The van der Waals surface area contributed by atoms with Crippen LogP contribution < -0.4 is 0 Å². The number of thiocarbonyl (C=S) groups is 1. The van der Waals surface area contributed by atoms with Gasteiger partial charge in [-0.15, -0.1) is 0 Å². The summed E-state index contributed by atoms with van der Waals surface area (Å²) in [6, 6.07) is 0. The largest absolute Gasteiger partial charge is 0.391 e. The molecule has 4 nitrogen and oxygen atoms in total. The van der Waals surface area contributed by atoms with Crippen molar-refractivity contribution in [1.29, 1.82) is 0 Å². The molecule has 4 atom stereocenters. The fraction of sp³-hybridized carbons (Fsp3) is 0.833. The lowest BCUT2D eigenvalue weighted by Gasteiger charge is -2.21. The molecule has 0 saturated carbocycles. The van der Waals surface area contributed by atoms with Crippen molar-refractivity contribution < 1.29 is 20.4 Å². The Hall–Kier alpha value is -0.0700. The van der Waals surface area contributed by atoms with E-state index >= 15 is 0 Å². The molecule has 0 aromatic heterocycles. The van der Waals surface area contributed by atoms with Crippen LogP contribution in [0.15, 0.2) is 0 Å². The molecule has 0 unspecified atom stereocenters. The number of aliphatic hydroxyl groups is 4. The Morgan fingerprint density at radius 3 is 1.82 bits per heavy atom. The molecule has 0 aromatic rings. The molecule has 0 amide bonds. The highest BCUT2D eigenvalue weighted by Crippen LogP contribution is 2.02. The second-order valence-electron chi connectivity index (χ2n) is 2.35. The maximum Gasteiger partial charge on any atom is 0.113 e. The predicted octanol–water partition coefficient (Wildman–Crippen LogP) is -1.55. The zero-order valence-corrected chi connectivity index (χ0v) is 6.90. The average molecular weight is 180 g/mol. The normalized spacial score (nSPS) is 21.9. The van der Waals surface area contributed by atoms with Crippen LogP contribution in [0, 0.1) is 0 Å². The monoisotopic (exact) mass is 180 g/mol. The molecule has 4 N–H and O–H groups in total. The van der Waals surface area contributed by atoms with Gasteiger partial charge < -0.3 is 20.4 Å². The Morgan fingerprint density at radius 2 is 1.55 bits per heavy atom. The Bertz CT molecular complexity index is 128. The van der Waals surface area contributed by atoms with Gasteiger partial charge in [0.15, 0.2) is 0 Å².